The quantitative estimate of drug-likeness (QED) is 0.623. The second-order valence-electron chi connectivity index (χ2n) is 2.97. The third-order valence-corrected chi connectivity index (χ3v) is 2.08. The SMILES string of the molecule is [C-]#[N+]c1ccc(-n2ccnc2C)cc1. The van der Waals surface area contributed by atoms with Gasteiger partial charge >= 0.3 is 0 Å². The summed E-state index contributed by atoms with van der Waals surface area (Å²) < 4.78 is 1.98. The van der Waals surface area contributed by atoms with E-state index in [1.807, 2.05) is 42.0 Å². The van der Waals surface area contributed by atoms with Gasteiger partial charge in [0.1, 0.15) is 5.82 Å². The molecule has 0 amide bonds. The third-order valence-electron chi connectivity index (χ3n) is 2.08. The molecule has 0 atom stereocenters. The van der Waals surface area contributed by atoms with E-state index in [-0.39, 0.29) is 0 Å². The Morgan fingerprint density at radius 3 is 2.50 bits per heavy atom. The second-order valence-corrected chi connectivity index (χ2v) is 2.97. The molecule has 2 aromatic rings. The van der Waals surface area contributed by atoms with Gasteiger partial charge in [-0.05, 0) is 19.1 Å². The summed E-state index contributed by atoms with van der Waals surface area (Å²) in [6.45, 7) is 8.78. The molecule has 0 N–H and O–H groups in total. The summed E-state index contributed by atoms with van der Waals surface area (Å²) in [5, 5.41) is 0. The van der Waals surface area contributed by atoms with E-state index in [4.69, 9.17) is 6.57 Å². The highest BCUT2D eigenvalue weighted by molar-refractivity contribution is 5.49. The lowest BCUT2D eigenvalue weighted by Crippen LogP contribution is -1.94. The van der Waals surface area contributed by atoms with Gasteiger partial charge in [-0.3, -0.25) is 0 Å². The van der Waals surface area contributed by atoms with Gasteiger partial charge in [-0.2, -0.15) is 0 Å². The Bertz CT molecular complexity index is 474. The molecule has 0 spiro atoms. The van der Waals surface area contributed by atoms with Crippen LogP contribution in [0.1, 0.15) is 5.82 Å². The second kappa shape index (κ2) is 3.35. The van der Waals surface area contributed by atoms with Gasteiger partial charge in [-0.25, -0.2) is 9.83 Å². The first-order chi connectivity index (χ1) is 6.81. The minimum absolute atomic E-state index is 0.659. The van der Waals surface area contributed by atoms with Crippen molar-refractivity contribution in [3.05, 3.63) is 53.9 Å². The molecule has 3 nitrogen and oxygen atoms in total. The fourth-order valence-corrected chi connectivity index (χ4v) is 1.34. The minimum Gasteiger partial charge on any atom is -0.304 e. The summed E-state index contributed by atoms with van der Waals surface area (Å²) in [6.07, 6.45) is 3.67. The van der Waals surface area contributed by atoms with Crippen LogP contribution in [0.25, 0.3) is 10.5 Å². The van der Waals surface area contributed by atoms with E-state index >= 15 is 0 Å². The number of aromatic nitrogens is 2. The molecule has 14 heavy (non-hydrogen) atoms. The van der Waals surface area contributed by atoms with Gasteiger partial charge in [0.25, 0.3) is 0 Å². The Morgan fingerprint density at radius 1 is 1.29 bits per heavy atom. The highest BCUT2D eigenvalue weighted by Gasteiger charge is 1.99. The lowest BCUT2D eigenvalue weighted by molar-refractivity contribution is 0.975. The summed E-state index contributed by atoms with van der Waals surface area (Å²) >= 11 is 0. The Kier molecular flexibility index (Phi) is 2.04. The first kappa shape index (κ1) is 8.52. The van der Waals surface area contributed by atoms with Crippen LogP contribution in [0.5, 0.6) is 0 Å². The first-order valence-electron chi connectivity index (χ1n) is 4.29. The summed E-state index contributed by atoms with van der Waals surface area (Å²) in [5.41, 5.74) is 1.69. The highest BCUT2D eigenvalue weighted by atomic mass is 15.1. The maximum atomic E-state index is 6.84. The van der Waals surface area contributed by atoms with E-state index in [1.165, 1.54) is 0 Å². The Labute approximate surface area is 82.5 Å². The number of imidazole rings is 1. The Balaban J connectivity index is 2.45. The topological polar surface area (TPSA) is 22.2 Å². The van der Waals surface area contributed by atoms with Crippen LogP contribution in [0, 0.1) is 13.5 Å². The lowest BCUT2D eigenvalue weighted by Gasteiger charge is -2.03. The lowest BCUT2D eigenvalue weighted by atomic mass is 10.3. The van der Waals surface area contributed by atoms with E-state index in [9.17, 15) is 0 Å². The number of aryl methyl sites for hydroxylation is 1. The fourth-order valence-electron chi connectivity index (χ4n) is 1.34. The molecule has 0 aliphatic heterocycles. The molecule has 3 heteroatoms. The van der Waals surface area contributed by atoms with Crippen molar-refractivity contribution < 1.29 is 0 Å². The van der Waals surface area contributed by atoms with Crippen LogP contribution in [-0.2, 0) is 0 Å². The monoisotopic (exact) mass is 183 g/mol. The van der Waals surface area contributed by atoms with Crippen molar-refractivity contribution >= 4 is 5.69 Å². The van der Waals surface area contributed by atoms with Crippen LogP contribution in [0.4, 0.5) is 5.69 Å². The first-order valence-corrected chi connectivity index (χ1v) is 4.29. The number of hydrogen-bond donors (Lipinski definition) is 0. The molecular formula is C11H9N3. The summed E-state index contributed by atoms with van der Waals surface area (Å²) in [4.78, 5) is 7.48. The van der Waals surface area contributed by atoms with E-state index in [0.29, 0.717) is 5.69 Å². The van der Waals surface area contributed by atoms with Gasteiger partial charge in [0.05, 0.1) is 6.57 Å². The average molecular weight is 183 g/mol. The molecule has 0 aliphatic rings. The van der Waals surface area contributed by atoms with Crippen molar-refractivity contribution in [3.8, 4) is 5.69 Å². The summed E-state index contributed by atoms with van der Waals surface area (Å²) in [7, 11) is 0. The standard InChI is InChI=1S/C11H9N3/c1-9-13-7-8-14(9)11-5-3-10(12-2)4-6-11/h3-8H,1H3. The highest BCUT2D eigenvalue weighted by Crippen LogP contribution is 2.16. The van der Waals surface area contributed by atoms with Crippen LogP contribution < -0.4 is 0 Å². The van der Waals surface area contributed by atoms with Crippen LogP contribution in [0.15, 0.2) is 36.7 Å². The molecule has 0 bridgehead atoms. The molecule has 68 valence electrons. The minimum atomic E-state index is 0.659. The molecule has 0 unspecified atom stereocenters. The Hall–Kier alpha value is -2.08. The number of benzene rings is 1. The largest absolute Gasteiger partial charge is 0.304 e. The molecule has 2 rings (SSSR count). The zero-order valence-corrected chi connectivity index (χ0v) is 7.81. The third kappa shape index (κ3) is 1.38. The van der Waals surface area contributed by atoms with Gasteiger partial charge in [-0.1, -0.05) is 12.1 Å². The van der Waals surface area contributed by atoms with Gasteiger partial charge < -0.3 is 4.57 Å². The van der Waals surface area contributed by atoms with Crippen molar-refractivity contribution in [2.75, 3.05) is 0 Å². The molecule has 0 saturated carbocycles. The van der Waals surface area contributed by atoms with Gasteiger partial charge in [0.2, 0.25) is 0 Å². The van der Waals surface area contributed by atoms with E-state index in [1.54, 1.807) is 6.20 Å². The molecule has 0 aliphatic carbocycles. The summed E-state index contributed by atoms with van der Waals surface area (Å²) in [5.74, 6) is 0.945. The predicted molar refractivity (Wildman–Crippen MR) is 54.6 cm³/mol. The van der Waals surface area contributed by atoms with Crippen molar-refractivity contribution in [1.29, 1.82) is 0 Å². The van der Waals surface area contributed by atoms with Gasteiger partial charge in [0.15, 0.2) is 5.69 Å². The fraction of sp³-hybridized carbons (Fsp3) is 0.0909. The molecule has 0 fully saturated rings. The number of nitrogens with zero attached hydrogens (tertiary/aromatic N) is 3. The van der Waals surface area contributed by atoms with Crippen molar-refractivity contribution in [2.24, 2.45) is 0 Å². The average Bonchev–Trinajstić information content (AvgIpc) is 2.65. The maximum Gasteiger partial charge on any atom is 0.187 e. The van der Waals surface area contributed by atoms with E-state index in [2.05, 4.69) is 9.83 Å². The number of hydrogen-bond acceptors (Lipinski definition) is 1. The maximum absolute atomic E-state index is 6.84. The van der Waals surface area contributed by atoms with Crippen molar-refractivity contribution in [3.63, 3.8) is 0 Å². The predicted octanol–water partition coefficient (Wildman–Crippen LogP) is 2.73. The summed E-state index contributed by atoms with van der Waals surface area (Å²) in [6, 6.07) is 7.45. The molecule has 0 saturated heterocycles. The van der Waals surface area contributed by atoms with Crippen LogP contribution in [-0.4, -0.2) is 9.55 Å². The zero-order valence-electron chi connectivity index (χ0n) is 7.81. The molecule has 1 heterocycles. The van der Waals surface area contributed by atoms with Gasteiger partial charge in [-0.15, -0.1) is 0 Å². The molecule has 1 aromatic carbocycles. The van der Waals surface area contributed by atoms with Crippen LogP contribution in [0.3, 0.4) is 0 Å². The van der Waals surface area contributed by atoms with Crippen LogP contribution >= 0.6 is 0 Å². The van der Waals surface area contributed by atoms with Crippen LogP contribution in [0.2, 0.25) is 0 Å². The molecule has 0 radical (unpaired) electrons. The van der Waals surface area contributed by atoms with Crippen molar-refractivity contribution in [2.45, 2.75) is 6.92 Å². The zero-order chi connectivity index (χ0) is 9.97. The van der Waals surface area contributed by atoms with E-state index in [0.717, 1.165) is 11.5 Å². The smallest absolute Gasteiger partial charge is 0.187 e. The molecular weight excluding hydrogens is 174 g/mol. The Morgan fingerprint density at radius 2 is 2.00 bits per heavy atom. The molecule has 1 aromatic heterocycles. The number of rotatable bonds is 1. The normalized spacial score (nSPS) is 9.71. The van der Waals surface area contributed by atoms with Crippen molar-refractivity contribution in [1.82, 2.24) is 9.55 Å². The van der Waals surface area contributed by atoms with E-state index < -0.39 is 0 Å². The van der Waals surface area contributed by atoms with Gasteiger partial charge in [0, 0.05) is 18.1 Å².